The fraction of sp³-hybridized carbons (Fsp3) is 0.500. The molecule has 7 heteroatoms. The number of hydrogen-bond donors (Lipinski definition) is 1. The van der Waals surface area contributed by atoms with Gasteiger partial charge in [-0.2, -0.15) is 0 Å². The van der Waals surface area contributed by atoms with Crippen molar-refractivity contribution in [3.8, 4) is 11.4 Å². The van der Waals surface area contributed by atoms with E-state index in [9.17, 15) is 4.79 Å². The Balaban J connectivity index is 1.64. The molecule has 0 spiro atoms. The lowest BCUT2D eigenvalue weighted by Gasteiger charge is -2.24. The van der Waals surface area contributed by atoms with E-state index in [1.165, 1.54) is 31.0 Å². The number of halogens is 1. The van der Waals surface area contributed by atoms with Gasteiger partial charge in [-0.05, 0) is 44.0 Å². The predicted octanol–water partition coefficient (Wildman–Crippen LogP) is 4.07. The normalized spacial score (nSPS) is 16.6. The number of thioether (sulfide) groups is 1. The summed E-state index contributed by atoms with van der Waals surface area (Å²) < 4.78 is 1.91. The summed E-state index contributed by atoms with van der Waals surface area (Å²) in [5.41, 5.74) is 0.950. The van der Waals surface area contributed by atoms with E-state index in [1.54, 1.807) is 0 Å². The van der Waals surface area contributed by atoms with Crippen molar-refractivity contribution in [1.82, 2.24) is 20.1 Å². The van der Waals surface area contributed by atoms with E-state index in [-0.39, 0.29) is 11.2 Å². The lowest BCUT2D eigenvalue weighted by molar-refractivity contribution is -0.121. The highest BCUT2D eigenvalue weighted by atomic mass is 35.5. The highest BCUT2D eigenvalue weighted by Crippen LogP contribution is 2.27. The average Bonchev–Trinajstić information content (AvgIpc) is 2.97. The molecule has 1 aliphatic rings. The molecule has 1 aromatic heterocycles. The molecule has 1 amide bonds. The van der Waals surface area contributed by atoms with Crippen LogP contribution in [0.15, 0.2) is 29.4 Å². The summed E-state index contributed by atoms with van der Waals surface area (Å²) in [6.07, 6.45) is 5.88. The SMILES string of the molecule is CC(Sc1nnc(-c2ccc(Cl)cc2)n1C)C(=O)NC1CCCCC1. The Labute approximate surface area is 157 Å². The predicted molar refractivity (Wildman–Crippen MR) is 102 cm³/mol. The maximum atomic E-state index is 12.4. The number of hydrogen-bond acceptors (Lipinski definition) is 4. The molecule has 1 aromatic carbocycles. The van der Waals surface area contributed by atoms with E-state index in [1.807, 2.05) is 42.8 Å². The van der Waals surface area contributed by atoms with Crippen molar-refractivity contribution in [3.63, 3.8) is 0 Å². The van der Waals surface area contributed by atoms with Gasteiger partial charge in [0, 0.05) is 23.7 Å². The van der Waals surface area contributed by atoms with Gasteiger partial charge in [0.05, 0.1) is 5.25 Å². The van der Waals surface area contributed by atoms with Crippen LogP contribution < -0.4 is 5.32 Å². The van der Waals surface area contributed by atoms with Crippen molar-refractivity contribution in [2.24, 2.45) is 7.05 Å². The molecular formula is C18H23ClN4OS. The summed E-state index contributed by atoms with van der Waals surface area (Å²) in [4.78, 5) is 12.4. The van der Waals surface area contributed by atoms with Crippen molar-refractivity contribution in [2.75, 3.05) is 0 Å². The molecule has 5 nitrogen and oxygen atoms in total. The van der Waals surface area contributed by atoms with Crippen LogP contribution in [0.2, 0.25) is 5.02 Å². The van der Waals surface area contributed by atoms with Crippen LogP contribution in [0.3, 0.4) is 0 Å². The zero-order chi connectivity index (χ0) is 17.8. The third-order valence-corrected chi connectivity index (χ3v) is 5.93. The zero-order valence-corrected chi connectivity index (χ0v) is 16.1. The lowest BCUT2D eigenvalue weighted by Crippen LogP contribution is -2.40. The fourth-order valence-electron chi connectivity index (χ4n) is 3.04. The van der Waals surface area contributed by atoms with Crippen molar-refractivity contribution < 1.29 is 4.79 Å². The first-order valence-corrected chi connectivity index (χ1v) is 9.92. The zero-order valence-electron chi connectivity index (χ0n) is 14.5. The van der Waals surface area contributed by atoms with Crippen LogP contribution >= 0.6 is 23.4 Å². The largest absolute Gasteiger partial charge is 0.352 e. The van der Waals surface area contributed by atoms with Crippen LogP contribution in [0.4, 0.5) is 0 Å². The molecule has 0 radical (unpaired) electrons. The van der Waals surface area contributed by atoms with Crippen LogP contribution in [-0.4, -0.2) is 32.0 Å². The van der Waals surface area contributed by atoms with E-state index in [0.29, 0.717) is 11.1 Å². The summed E-state index contributed by atoms with van der Waals surface area (Å²) >= 11 is 7.37. The van der Waals surface area contributed by atoms with Gasteiger partial charge in [0.1, 0.15) is 0 Å². The topological polar surface area (TPSA) is 59.8 Å². The summed E-state index contributed by atoms with van der Waals surface area (Å²) in [5, 5.41) is 12.9. The Morgan fingerprint density at radius 2 is 1.92 bits per heavy atom. The van der Waals surface area contributed by atoms with E-state index in [2.05, 4.69) is 15.5 Å². The molecule has 1 atom stereocenters. The van der Waals surface area contributed by atoms with Gasteiger partial charge in [0.2, 0.25) is 5.91 Å². The first kappa shape index (κ1) is 18.3. The number of rotatable bonds is 5. The molecule has 0 aliphatic heterocycles. The number of benzene rings is 1. The molecule has 25 heavy (non-hydrogen) atoms. The summed E-state index contributed by atoms with van der Waals surface area (Å²) in [7, 11) is 1.91. The third kappa shape index (κ3) is 4.55. The van der Waals surface area contributed by atoms with E-state index in [4.69, 9.17) is 11.6 Å². The second-order valence-corrected chi connectivity index (χ2v) is 8.22. The molecule has 1 saturated carbocycles. The Kier molecular flexibility index (Phi) is 6.02. The van der Waals surface area contributed by atoms with Crippen LogP contribution in [0, 0.1) is 0 Å². The van der Waals surface area contributed by atoms with Crippen LogP contribution in [0.1, 0.15) is 39.0 Å². The second-order valence-electron chi connectivity index (χ2n) is 6.48. The molecule has 1 fully saturated rings. The van der Waals surface area contributed by atoms with E-state index < -0.39 is 0 Å². The molecule has 0 saturated heterocycles. The van der Waals surface area contributed by atoms with E-state index in [0.717, 1.165) is 29.4 Å². The maximum Gasteiger partial charge on any atom is 0.233 e. The van der Waals surface area contributed by atoms with Crippen LogP contribution in [0.5, 0.6) is 0 Å². The standard InChI is InChI=1S/C18H23ClN4OS/c1-12(17(24)20-15-6-4-3-5-7-15)25-18-22-21-16(23(18)2)13-8-10-14(19)11-9-13/h8-12,15H,3-7H2,1-2H3,(H,20,24). The monoisotopic (exact) mass is 378 g/mol. The van der Waals surface area contributed by atoms with Gasteiger partial charge in [0.15, 0.2) is 11.0 Å². The van der Waals surface area contributed by atoms with Gasteiger partial charge in [-0.15, -0.1) is 10.2 Å². The van der Waals surface area contributed by atoms with Crippen molar-refractivity contribution in [3.05, 3.63) is 29.3 Å². The van der Waals surface area contributed by atoms with Gasteiger partial charge in [-0.1, -0.05) is 42.6 Å². The number of nitrogens with one attached hydrogen (secondary N) is 1. The lowest BCUT2D eigenvalue weighted by atomic mass is 9.95. The van der Waals surface area contributed by atoms with Crippen LogP contribution in [0.25, 0.3) is 11.4 Å². The van der Waals surface area contributed by atoms with E-state index >= 15 is 0 Å². The first-order valence-electron chi connectivity index (χ1n) is 8.67. The Hall–Kier alpha value is -1.53. The number of carbonyl (C=O) groups excluding carboxylic acids is 1. The van der Waals surface area contributed by atoms with Crippen molar-refractivity contribution in [1.29, 1.82) is 0 Å². The first-order chi connectivity index (χ1) is 12.0. The van der Waals surface area contributed by atoms with Gasteiger partial charge in [0.25, 0.3) is 0 Å². The summed E-state index contributed by atoms with van der Waals surface area (Å²) in [6.45, 7) is 1.92. The van der Waals surface area contributed by atoms with Gasteiger partial charge >= 0.3 is 0 Å². The van der Waals surface area contributed by atoms with Gasteiger partial charge in [-0.25, -0.2) is 0 Å². The second kappa shape index (κ2) is 8.23. The third-order valence-electron chi connectivity index (χ3n) is 4.54. The number of nitrogens with zero attached hydrogens (tertiary/aromatic N) is 3. The molecule has 2 aromatic rings. The Morgan fingerprint density at radius 3 is 2.60 bits per heavy atom. The molecule has 1 N–H and O–H groups in total. The number of amides is 1. The molecule has 0 bridgehead atoms. The summed E-state index contributed by atoms with van der Waals surface area (Å²) in [5.74, 6) is 0.840. The van der Waals surface area contributed by atoms with Gasteiger partial charge < -0.3 is 9.88 Å². The minimum absolute atomic E-state index is 0.0768. The Bertz CT molecular complexity index is 725. The minimum Gasteiger partial charge on any atom is -0.352 e. The highest BCUT2D eigenvalue weighted by Gasteiger charge is 2.22. The smallest absolute Gasteiger partial charge is 0.233 e. The quantitative estimate of drug-likeness (QED) is 0.797. The molecule has 134 valence electrons. The van der Waals surface area contributed by atoms with Crippen molar-refractivity contribution >= 4 is 29.3 Å². The fourth-order valence-corrected chi connectivity index (χ4v) is 3.99. The molecule has 3 rings (SSSR count). The average molecular weight is 379 g/mol. The minimum atomic E-state index is -0.206. The summed E-state index contributed by atoms with van der Waals surface area (Å²) in [6, 6.07) is 7.82. The van der Waals surface area contributed by atoms with Crippen LogP contribution in [-0.2, 0) is 11.8 Å². The number of aromatic nitrogens is 3. The Morgan fingerprint density at radius 1 is 1.24 bits per heavy atom. The highest BCUT2D eigenvalue weighted by molar-refractivity contribution is 8.00. The molecular weight excluding hydrogens is 356 g/mol. The molecule has 1 aliphatic carbocycles. The number of carbonyl (C=O) groups is 1. The van der Waals surface area contributed by atoms with Crippen molar-refractivity contribution in [2.45, 2.75) is 55.5 Å². The van der Waals surface area contributed by atoms with Gasteiger partial charge in [-0.3, -0.25) is 4.79 Å². The molecule has 1 unspecified atom stereocenters. The molecule has 1 heterocycles. The maximum absolute atomic E-state index is 12.4.